The summed E-state index contributed by atoms with van der Waals surface area (Å²) in [5.74, 6) is 0.116. The van der Waals surface area contributed by atoms with Gasteiger partial charge in [0.25, 0.3) is 0 Å². The van der Waals surface area contributed by atoms with Crippen LogP contribution in [0.25, 0.3) is 0 Å². The largest absolute Gasteiger partial charge is 0.508 e. The molecule has 0 aliphatic heterocycles. The number of benzene rings is 1. The molecule has 94 valence electrons. The van der Waals surface area contributed by atoms with Crippen molar-refractivity contribution in [1.82, 2.24) is 0 Å². The number of ether oxygens (including phenoxy) is 1. The molecule has 1 rings (SSSR count). The molecule has 0 saturated heterocycles. The lowest BCUT2D eigenvalue weighted by atomic mass is 10.2. The maximum Gasteiger partial charge on any atom is 0.411 e. The number of carbonyl (C=O) groups is 1. The summed E-state index contributed by atoms with van der Waals surface area (Å²) in [5.41, 5.74) is 0.531. The van der Waals surface area contributed by atoms with Crippen LogP contribution in [0.1, 0.15) is 32.6 Å². The second kappa shape index (κ2) is 7.54. The van der Waals surface area contributed by atoms with E-state index >= 15 is 0 Å². The molecule has 1 aromatic rings. The number of hydrogen-bond acceptors (Lipinski definition) is 3. The molecule has 0 spiro atoms. The third-order valence-electron chi connectivity index (χ3n) is 2.32. The molecule has 0 aliphatic rings. The van der Waals surface area contributed by atoms with Crippen molar-refractivity contribution in [2.24, 2.45) is 0 Å². The van der Waals surface area contributed by atoms with E-state index < -0.39 is 6.09 Å². The minimum absolute atomic E-state index is 0.116. The number of aromatic hydroxyl groups is 1. The van der Waals surface area contributed by atoms with E-state index in [4.69, 9.17) is 4.74 Å². The number of phenols is 1. The third kappa shape index (κ3) is 5.80. The predicted molar refractivity (Wildman–Crippen MR) is 67.2 cm³/mol. The number of hydrogen-bond donors (Lipinski definition) is 2. The highest BCUT2D eigenvalue weighted by atomic mass is 16.5. The van der Waals surface area contributed by atoms with Crippen LogP contribution < -0.4 is 5.32 Å². The summed E-state index contributed by atoms with van der Waals surface area (Å²) in [7, 11) is 0. The van der Waals surface area contributed by atoms with Crippen LogP contribution in [-0.2, 0) is 4.74 Å². The van der Waals surface area contributed by atoms with Gasteiger partial charge in [-0.3, -0.25) is 5.32 Å². The van der Waals surface area contributed by atoms with E-state index in [1.165, 1.54) is 6.07 Å². The Morgan fingerprint density at radius 2 is 2.18 bits per heavy atom. The maximum absolute atomic E-state index is 11.3. The van der Waals surface area contributed by atoms with Crippen molar-refractivity contribution >= 4 is 11.8 Å². The second-order valence-corrected chi connectivity index (χ2v) is 3.87. The number of nitrogens with one attached hydrogen (secondary N) is 1. The van der Waals surface area contributed by atoms with Crippen molar-refractivity contribution in [3.63, 3.8) is 0 Å². The van der Waals surface area contributed by atoms with Crippen LogP contribution in [0.15, 0.2) is 24.3 Å². The van der Waals surface area contributed by atoms with Gasteiger partial charge in [0.05, 0.1) is 6.61 Å². The molecule has 1 amide bonds. The summed E-state index contributed by atoms with van der Waals surface area (Å²) < 4.78 is 5.00. The molecule has 0 saturated carbocycles. The van der Waals surface area contributed by atoms with Crippen LogP contribution in [-0.4, -0.2) is 17.8 Å². The summed E-state index contributed by atoms with van der Waals surface area (Å²) >= 11 is 0. The van der Waals surface area contributed by atoms with E-state index in [0.717, 1.165) is 25.7 Å². The Balaban J connectivity index is 2.21. The fourth-order valence-electron chi connectivity index (χ4n) is 1.43. The Morgan fingerprint density at radius 1 is 1.35 bits per heavy atom. The van der Waals surface area contributed by atoms with E-state index in [0.29, 0.717) is 12.3 Å². The molecule has 4 nitrogen and oxygen atoms in total. The van der Waals surface area contributed by atoms with Gasteiger partial charge in [-0.2, -0.15) is 0 Å². The molecule has 0 heterocycles. The maximum atomic E-state index is 11.3. The lowest BCUT2D eigenvalue weighted by molar-refractivity contribution is 0.159. The molecule has 1 aromatic carbocycles. The zero-order chi connectivity index (χ0) is 12.5. The van der Waals surface area contributed by atoms with Crippen LogP contribution in [0.5, 0.6) is 5.75 Å². The van der Waals surface area contributed by atoms with Gasteiger partial charge in [-0.15, -0.1) is 0 Å². The highest BCUT2D eigenvalue weighted by Gasteiger charge is 2.02. The summed E-state index contributed by atoms with van der Waals surface area (Å²) in [6, 6.07) is 6.36. The fourth-order valence-corrected chi connectivity index (χ4v) is 1.43. The zero-order valence-electron chi connectivity index (χ0n) is 10.1. The van der Waals surface area contributed by atoms with Crippen molar-refractivity contribution < 1.29 is 14.6 Å². The van der Waals surface area contributed by atoms with Gasteiger partial charge >= 0.3 is 6.09 Å². The number of anilines is 1. The predicted octanol–water partition coefficient (Wildman–Crippen LogP) is 3.52. The number of phenolic OH excluding ortho intramolecular Hbond substituents is 1. The quantitative estimate of drug-likeness (QED) is 0.744. The molecule has 2 N–H and O–H groups in total. The zero-order valence-corrected chi connectivity index (χ0v) is 10.1. The van der Waals surface area contributed by atoms with Gasteiger partial charge in [0, 0.05) is 11.8 Å². The van der Waals surface area contributed by atoms with Crippen molar-refractivity contribution in [3.8, 4) is 5.75 Å². The number of carbonyl (C=O) groups excluding carboxylic acids is 1. The molecule has 0 atom stereocenters. The summed E-state index contributed by atoms with van der Waals surface area (Å²) in [6.07, 6.45) is 3.82. The van der Waals surface area contributed by atoms with Crippen molar-refractivity contribution in [2.75, 3.05) is 11.9 Å². The van der Waals surface area contributed by atoms with E-state index in [2.05, 4.69) is 12.2 Å². The van der Waals surface area contributed by atoms with E-state index in [9.17, 15) is 9.90 Å². The number of unbranched alkanes of at least 4 members (excludes halogenated alkanes) is 3. The van der Waals surface area contributed by atoms with Gasteiger partial charge in [-0.05, 0) is 18.6 Å². The van der Waals surface area contributed by atoms with Crippen LogP contribution in [0.4, 0.5) is 10.5 Å². The molecule has 4 heteroatoms. The fraction of sp³-hybridized carbons (Fsp3) is 0.462. The first-order chi connectivity index (χ1) is 8.22. The third-order valence-corrected chi connectivity index (χ3v) is 2.32. The Kier molecular flexibility index (Phi) is 5.93. The lowest BCUT2D eigenvalue weighted by Crippen LogP contribution is -2.14. The molecule has 0 unspecified atom stereocenters. The van der Waals surface area contributed by atoms with Crippen molar-refractivity contribution in [2.45, 2.75) is 32.6 Å². The van der Waals surface area contributed by atoms with E-state index in [1.807, 2.05) is 0 Å². The Hall–Kier alpha value is -1.71. The topological polar surface area (TPSA) is 58.6 Å². The van der Waals surface area contributed by atoms with Gasteiger partial charge in [0.2, 0.25) is 0 Å². The van der Waals surface area contributed by atoms with Crippen LogP contribution >= 0.6 is 0 Å². The number of amides is 1. The van der Waals surface area contributed by atoms with Gasteiger partial charge in [-0.25, -0.2) is 4.79 Å². The smallest absolute Gasteiger partial charge is 0.411 e. The first-order valence-electron chi connectivity index (χ1n) is 5.95. The summed E-state index contributed by atoms with van der Waals surface area (Å²) in [5, 5.41) is 11.8. The molecular weight excluding hydrogens is 218 g/mol. The highest BCUT2D eigenvalue weighted by Crippen LogP contribution is 2.15. The van der Waals surface area contributed by atoms with Gasteiger partial charge in [0.1, 0.15) is 5.75 Å². The molecule has 0 bridgehead atoms. The first kappa shape index (κ1) is 13.4. The second-order valence-electron chi connectivity index (χ2n) is 3.87. The van der Waals surface area contributed by atoms with E-state index in [1.54, 1.807) is 18.2 Å². The van der Waals surface area contributed by atoms with Crippen LogP contribution in [0.2, 0.25) is 0 Å². The Bertz CT molecular complexity index is 352. The molecule has 0 radical (unpaired) electrons. The van der Waals surface area contributed by atoms with Gasteiger partial charge < -0.3 is 9.84 Å². The average Bonchev–Trinajstić information content (AvgIpc) is 2.29. The standard InChI is InChI=1S/C13H19NO3/c1-2-3-4-5-9-17-13(16)14-11-7-6-8-12(15)10-11/h6-8,10,15H,2-5,9H2,1H3,(H,14,16). The van der Waals surface area contributed by atoms with Crippen LogP contribution in [0.3, 0.4) is 0 Å². The van der Waals surface area contributed by atoms with Crippen molar-refractivity contribution in [3.05, 3.63) is 24.3 Å². The minimum Gasteiger partial charge on any atom is -0.508 e. The van der Waals surface area contributed by atoms with Gasteiger partial charge in [0.15, 0.2) is 0 Å². The summed E-state index contributed by atoms with van der Waals surface area (Å²) in [6.45, 7) is 2.57. The van der Waals surface area contributed by atoms with Crippen molar-refractivity contribution in [1.29, 1.82) is 0 Å². The minimum atomic E-state index is -0.480. The molecular formula is C13H19NO3. The monoisotopic (exact) mass is 237 g/mol. The number of rotatable bonds is 6. The van der Waals surface area contributed by atoms with Crippen LogP contribution in [0, 0.1) is 0 Å². The molecule has 17 heavy (non-hydrogen) atoms. The summed E-state index contributed by atoms with van der Waals surface area (Å²) in [4.78, 5) is 11.3. The molecule has 0 aromatic heterocycles. The Morgan fingerprint density at radius 3 is 2.88 bits per heavy atom. The average molecular weight is 237 g/mol. The highest BCUT2D eigenvalue weighted by molar-refractivity contribution is 5.84. The first-order valence-corrected chi connectivity index (χ1v) is 5.95. The van der Waals surface area contributed by atoms with E-state index in [-0.39, 0.29) is 5.75 Å². The Labute approximate surface area is 102 Å². The lowest BCUT2D eigenvalue weighted by Gasteiger charge is -2.06. The SMILES string of the molecule is CCCCCCOC(=O)Nc1cccc(O)c1. The normalized spacial score (nSPS) is 9.94. The molecule has 0 fully saturated rings. The molecule has 0 aliphatic carbocycles. The van der Waals surface area contributed by atoms with Gasteiger partial charge in [-0.1, -0.05) is 32.3 Å².